The van der Waals surface area contributed by atoms with Gasteiger partial charge < -0.3 is 9.64 Å². The first kappa shape index (κ1) is 23.4. The molecule has 1 N–H and O–H groups in total. The number of rotatable bonds is 7. The summed E-state index contributed by atoms with van der Waals surface area (Å²) in [7, 11) is -0.553. The molecule has 0 bridgehead atoms. The molecule has 168 valence electrons. The molecule has 1 aliphatic rings. The van der Waals surface area contributed by atoms with Crippen LogP contribution in [0, 0.1) is 0 Å². The standard InChI is InChI=1S/C18H23N5O5S3/c1-4-28-17(25)19-16-20-21-18(30-16)29-11-15(24)23-9-5-6-12-10-13(7-8-14(12)23)31(26,27)22(2)3/h7-8,10H,4-6,9,11H2,1-3H3,(H,19,20,25). The number of anilines is 2. The van der Waals surface area contributed by atoms with Crippen LogP contribution in [-0.2, 0) is 26.0 Å². The number of ether oxygens (including phenoxy) is 1. The van der Waals surface area contributed by atoms with E-state index in [9.17, 15) is 18.0 Å². The minimum absolute atomic E-state index is 0.107. The van der Waals surface area contributed by atoms with Gasteiger partial charge in [-0.1, -0.05) is 23.1 Å². The molecule has 1 aromatic carbocycles. The van der Waals surface area contributed by atoms with Crippen molar-refractivity contribution >= 4 is 55.9 Å². The van der Waals surface area contributed by atoms with Crippen LogP contribution in [0.2, 0.25) is 0 Å². The Balaban J connectivity index is 1.66. The van der Waals surface area contributed by atoms with Crippen LogP contribution < -0.4 is 10.2 Å². The number of thioether (sulfide) groups is 1. The van der Waals surface area contributed by atoms with Gasteiger partial charge in [0.25, 0.3) is 0 Å². The average Bonchev–Trinajstić information content (AvgIpc) is 3.18. The first-order valence-electron chi connectivity index (χ1n) is 9.48. The normalized spacial score (nSPS) is 13.7. The molecule has 0 unspecified atom stereocenters. The second kappa shape index (κ2) is 9.94. The highest BCUT2D eigenvalue weighted by molar-refractivity contribution is 8.01. The molecule has 2 heterocycles. The molecule has 1 aliphatic heterocycles. The molecule has 0 fully saturated rings. The zero-order chi connectivity index (χ0) is 22.6. The lowest BCUT2D eigenvalue weighted by atomic mass is 10.0. The monoisotopic (exact) mass is 485 g/mol. The third kappa shape index (κ3) is 5.53. The van der Waals surface area contributed by atoms with Crippen molar-refractivity contribution in [2.75, 3.05) is 43.2 Å². The van der Waals surface area contributed by atoms with E-state index in [-0.39, 0.29) is 23.2 Å². The topological polar surface area (TPSA) is 122 Å². The predicted molar refractivity (Wildman–Crippen MR) is 119 cm³/mol. The van der Waals surface area contributed by atoms with Crippen LogP contribution in [0.4, 0.5) is 15.6 Å². The van der Waals surface area contributed by atoms with Crippen molar-refractivity contribution in [3.8, 4) is 0 Å². The van der Waals surface area contributed by atoms with E-state index in [4.69, 9.17) is 4.74 Å². The molecule has 0 spiro atoms. The second-order valence-electron chi connectivity index (χ2n) is 6.73. The lowest BCUT2D eigenvalue weighted by Crippen LogP contribution is -2.36. The Bertz CT molecular complexity index is 1070. The SMILES string of the molecule is CCOC(=O)Nc1nnc(SCC(=O)N2CCCc3cc(S(=O)(=O)N(C)C)ccc32)s1. The number of hydrogen-bond donors (Lipinski definition) is 1. The number of amides is 2. The first-order valence-corrected chi connectivity index (χ1v) is 12.7. The van der Waals surface area contributed by atoms with Crippen LogP contribution in [-0.4, -0.2) is 67.9 Å². The molecule has 31 heavy (non-hydrogen) atoms. The van der Waals surface area contributed by atoms with Crippen LogP contribution in [0.3, 0.4) is 0 Å². The number of aryl methyl sites for hydroxylation is 1. The highest BCUT2D eigenvalue weighted by atomic mass is 32.2. The molecule has 1 aromatic heterocycles. The summed E-state index contributed by atoms with van der Waals surface area (Å²) in [5.74, 6) is 0.0369. The molecule has 0 saturated carbocycles. The fourth-order valence-corrected chi connectivity index (χ4v) is 5.54. The Morgan fingerprint density at radius 1 is 1.32 bits per heavy atom. The van der Waals surface area contributed by atoms with E-state index in [1.165, 1.54) is 36.2 Å². The molecule has 0 radical (unpaired) electrons. The van der Waals surface area contributed by atoms with E-state index in [1.54, 1.807) is 24.0 Å². The van der Waals surface area contributed by atoms with Crippen molar-refractivity contribution in [3.63, 3.8) is 0 Å². The maximum absolute atomic E-state index is 12.8. The number of nitrogens with one attached hydrogen (secondary N) is 1. The minimum Gasteiger partial charge on any atom is -0.450 e. The van der Waals surface area contributed by atoms with E-state index in [0.717, 1.165) is 29.0 Å². The highest BCUT2D eigenvalue weighted by Gasteiger charge is 2.26. The Kier molecular flexibility index (Phi) is 7.51. The largest absolute Gasteiger partial charge is 0.450 e. The Morgan fingerprint density at radius 2 is 2.10 bits per heavy atom. The molecule has 10 nitrogen and oxygen atoms in total. The minimum atomic E-state index is -3.53. The zero-order valence-electron chi connectivity index (χ0n) is 17.3. The molecule has 0 saturated heterocycles. The molecular formula is C18H23N5O5S3. The molecule has 2 amide bonds. The Labute approximate surface area is 189 Å². The maximum Gasteiger partial charge on any atom is 0.413 e. The summed E-state index contributed by atoms with van der Waals surface area (Å²) >= 11 is 2.38. The number of carbonyl (C=O) groups excluding carboxylic acids is 2. The third-order valence-electron chi connectivity index (χ3n) is 4.46. The Hall–Kier alpha value is -2.22. The van der Waals surface area contributed by atoms with Gasteiger partial charge in [0.15, 0.2) is 4.34 Å². The summed E-state index contributed by atoms with van der Waals surface area (Å²) in [6.07, 6.45) is 0.857. The van der Waals surface area contributed by atoms with Gasteiger partial charge in [-0.3, -0.25) is 10.1 Å². The number of aromatic nitrogens is 2. The summed E-state index contributed by atoms with van der Waals surface area (Å²) < 4.78 is 31.3. The number of hydrogen-bond acceptors (Lipinski definition) is 9. The molecule has 13 heteroatoms. The van der Waals surface area contributed by atoms with Gasteiger partial charge in [-0.2, -0.15) is 0 Å². The molecule has 0 atom stereocenters. The van der Waals surface area contributed by atoms with Crippen LogP contribution in [0.1, 0.15) is 18.9 Å². The number of fused-ring (bicyclic) bond motifs is 1. The van der Waals surface area contributed by atoms with Gasteiger partial charge in [-0.05, 0) is 43.5 Å². The van der Waals surface area contributed by atoms with Crippen molar-refractivity contribution < 1.29 is 22.7 Å². The van der Waals surface area contributed by atoms with Crippen LogP contribution in [0.5, 0.6) is 0 Å². The smallest absolute Gasteiger partial charge is 0.413 e. The van der Waals surface area contributed by atoms with Crippen LogP contribution >= 0.6 is 23.1 Å². The fraction of sp³-hybridized carbons (Fsp3) is 0.444. The summed E-state index contributed by atoms with van der Waals surface area (Å²) in [5.41, 5.74) is 1.57. The summed E-state index contributed by atoms with van der Waals surface area (Å²) in [6, 6.07) is 4.88. The summed E-state index contributed by atoms with van der Waals surface area (Å²) in [6.45, 7) is 2.52. The van der Waals surface area contributed by atoms with Crippen molar-refractivity contribution in [2.24, 2.45) is 0 Å². The van der Waals surface area contributed by atoms with Gasteiger partial charge in [-0.25, -0.2) is 17.5 Å². The van der Waals surface area contributed by atoms with Gasteiger partial charge >= 0.3 is 6.09 Å². The van der Waals surface area contributed by atoms with Crippen molar-refractivity contribution in [1.29, 1.82) is 0 Å². The molecule has 0 aliphatic carbocycles. The second-order valence-corrected chi connectivity index (χ2v) is 11.1. The van der Waals surface area contributed by atoms with E-state index >= 15 is 0 Å². The van der Waals surface area contributed by atoms with Gasteiger partial charge in [0.05, 0.1) is 17.3 Å². The van der Waals surface area contributed by atoms with Crippen molar-refractivity contribution in [1.82, 2.24) is 14.5 Å². The number of benzene rings is 1. The van der Waals surface area contributed by atoms with Crippen molar-refractivity contribution in [3.05, 3.63) is 23.8 Å². The van der Waals surface area contributed by atoms with E-state index < -0.39 is 16.1 Å². The highest BCUT2D eigenvalue weighted by Crippen LogP contribution is 2.32. The molecule has 3 rings (SSSR count). The maximum atomic E-state index is 12.8. The molecule has 2 aromatic rings. The van der Waals surface area contributed by atoms with E-state index in [1.807, 2.05) is 0 Å². The zero-order valence-corrected chi connectivity index (χ0v) is 19.8. The van der Waals surface area contributed by atoms with E-state index in [0.29, 0.717) is 22.4 Å². The van der Waals surface area contributed by atoms with Gasteiger partial charge in [-0.15, -0.1) is 10.2 Å². The van der Waals surface area contributed by atoms with Crippen molar-refractivity contribution in [2.45, 2.75) is 29.0 Å². The summed E-state index contributed by atoms with van der Waals surface area (Å²) in [4.78, 5) is 26.2. The van der Waals surface area contributed by atoms with Gasteiger partial charge in [0, 0.05) is 26.3 Å². The average molecular weight is 486 g/mol. The van der Waals surface area contributed by atoms with Gasteiger partial charge in [0.2, 0.25) is 21.1 Å². The lowest BCUT2D eigenvalue weighted by Gasteiger charge is -2.30. The Morgan fingerprint density at radius 3 is 2.81 bits per heavy atom. The summed E-state index contributed by atoms with van der Waals surface area (Å²) in [5, 5.41) is 10.6. The first-order chi connectivity index (χ1) is 14.7. The van der Waals surface area contributed by atoms with Gasteiger partial charge in [0.1, 0.15) is 0 Å². The molecular weight excluding hydrogens is 462 g/mol. The van der Waals surface area contributed by atoms with Crippen LogP contribution in [0.15, 0.2) is 27.4 Å². The number of carbonyl (C=O) groups is 2. The number of sulfonamides is 1. The predicted octanol–water partition coefficient (Wildman–Crippen LogP) is 2.43. The fourth-order valence-electron chi connectivity index (χ4n) is 2.98. The quantitative estimate of drug-likeness (QED) is 0.469. The van der Waals surface area contributed by atoms with Crippen LogP contribution in [0.25, 0.3) is 0 Å². The van der Waals surface area contributed by atoms with E-state index in [2.05, 4.69) is 15.5 Å². The lowest BCUT2D eigenvalue weighted by molar-refractivity contribution is -0.116. The third-order valence-corrected chi connectivity index (χ3v) is 8.23. The number of nitrogens with zero attached hydrogens (tertiary/aromatic N) is 4.